The lowest BCUT2D eigenvalue weighted by molar-refractivity contribution is 0.203. The molecule has 0 atom stereocenters. The van der Waals surface area contributed by atoms with Crippen LogP contribution in [0.5, 0.6) is 0 Å². The first-order valence-electron chi connectivity index (χ1n) is 9.58. The Morgan fingerprint density at radius 2 is 2.04 bits per heavy atom. The molecule has 1 aromatic heterocycles. The van der Waals surface area contributed by atoms with Crippen LogP contribution in [-0.2, 0) is 6.42 Å². The molecule has 1 aliphatic carbocycles. The van der Waals surface area contributed by atoms with E-state index in [2.05, 4.69) is 36.0 Å². The van der Waals surface area contributed by atoms with Crippen LogP contribution in [0.4, 0.5) is 0 Å². The van der Waals surface area contributed by atoms with Crippen LogP contribution in [0.2, 0.25) is 0 Å². The van der Waals surface area contributed by atoms with Crippen molar-refractivity contribution in [1.82, 2.24) is 15.2 Å². The Morgan fingerprint density at radius 3 is 2.71 bits per heavy atom. The summed E-state index contributed by atoms with van der Waals surface area (Å²) in [5.74, 6) is 1.12. The Balaban J connectivity index is 1.60. The predicted octanol–water partition coefficient (Wildman–Crippen LogP) is 3.92. The second-order valence-electron chi connectivity index (χ2n) is 7.46. The predicted molar refractivity (Wildman–Crippen MR) is 103 cm³/mol. The van der Waals surface area contributed by atoms with Gasteiger partial charge in [0.2, 0.25) is 0 Å². The van der Waals surface area contributed by atoms with Gasteiger partial charge in [-0.05, 0) is 45.4 Å². The zero-order valence-corrected chi connectivity index (χ0v) is 16.3. The molecule has 2 fully saturated rings. The molecule has 134 valence electrons. The first-order chi connectivity index (χ1) is 11.6. The van der Waals surface area contributed by atoms with Crippen LogP contribution in [0.15, 0.2) is 4.99 Å². The molecule has 24 heavy (non-hydrogen) atoms. The number of rotatable bonds is 4. The van der Waals surface area contributed by atoms with E-state index in [1.165, 1.54) is 62.2 Å². The van der Waals surface area contributed by atoms with E-state index in [-0.39, 0.29) is 0 Å². The first-order valence-corrected chi connectivity index (χ1v) is 10.4. The molecule has 0 amide bonds. The average Bonchev–Trinajstić information content (AvgIpc) is 3.11. The summed E-state index contributed by atoms with van der Waals surface area (Å²) in [6.45, 7) is 10.5. The van der Waals surface area contributed by atoms with Crippen LogP contribution in [0.1, 0.15) is 61.0 Å². The van der Waals surface area contributed by atoms with Gasteiger partial charge in [0.05, 0.1) is 10.7 Å². The highest BCUT2D eigenvalue weighted by atomic mass is 32.1. The number of nitrogens with zero attached hydrogens (tertiary/aromatic N) is 3. The Labute approximate surface area is 150 Å². The zero-order valence-electron chi connectivity index (χ0n) is 15.5. The van der Waals surface area contributed by atoms with Crippen molar-refractivity contribution in [2.75, 3.05) is 26.2 Å². The Bertz CT molecular complexity index is 572. The smallest absolute Gasteiger partial charge is 0.193 e. The van der Waals surface area contributed by atoms with Gasteiger partial charge in [0.25, 0.3) is 0 Å². The van der Waals surface area contributed by atoms with Crippen LogP contribution in [0, 0.1) is 19.3 Å². The van der Waals surface area contributed by atoms with Gasteiger partial charge >= 0.3 is 0 Å². The highest BCUT2D eigenvalue weighted by Crippen LogP contribution is 2.43. The molecule has 5 heteroatoms. The molecule has 0 radical (unpaired) electrons. The molecule has 1 aromatic rings. The number of thiazole rings is 1. The summed E-state index contributed by atoms with van der Waals surface area (Å²) in [5.41, 5.74) is 1.76. The minimum absolute atomic E-state index is 0.583. The van der Waals surface area contributed by atoms with E-state index in [0.29, 0.717) is 5.41 Å². The van der Waals surface area contributed by atoms with E-state index < -0.39 is 0 Å². The SMILES string of the molecule is CCNC(=NCCc1sc(C)nc1C)N1CCC2(CCCCC2)C1. The molecule has 1 N–H and O–H groups in total. The molecule has 3 rings (SSSR count). The fourth-order valence-electron chi connectivity index (χ4n) is 4.32. The van der Waals surface area contributed by atoms with Crippen molar-refractivity contribution >= 4 is 17.3 Å². The van der Waals surface area contributed by atoms with Crippen LogP contribution < -0.4 is 5.32 Å². The molecule has 4 nitrogen and oxygen atoms in total. The van der Waals surface area contributed by atoms with Crippen molar-refractivity contribution in [3.63, 3.8) is 0 Å². The Kier molecular flexibility index (Phi) is 5.80. The van der Waals surface area contributed by atoms with Crippen molar-refractivity contribution in [1.29, 1.82) is 0 Å². The average molecular weight is 349 g/mol. The highest BCUT2D eigenvalue weighted by Gasteiger charge is 2.39. The minimum atomic E-state index is 0.583. The quantitative estimate of drug-likeness (QED) is 0.662. The maximum Gasteiger partial charge on any atom is 0.193 e. The maximum absolute atomic E-state index is 4.93. The fourth-order valence-corrected chi connectivity index (χ4v) is 5.25. The standard InChI is InChI=1S/C19H32N4S/c1-4-20-18(21-12-8-17-15(2)22-16(3)24-17)23-13-11-19(14-23)9-6-5-7-10-19/h4-14H2,1-3H3,(H,20,21). The second kappa shape index (κ2) is 7.85. The van der Waals surface area contributed by atoms with Crippen molar-refractivity contribution < 1.29 is 0 Å². The van der Waals surface area contributed by atoms with Crippen LogP contribution >= 0.6 is 11.3 Å². The van der Waals surface area contributed by atoms with Gasteiger partial charge in [0, 0.05) is 37.5 Å². The molecule has 1 saturated heterocycles. The fraction of sp³-hybridized carbons (Fsp3) is 0.789. The number of aromatic nitrogens is 1. The van der Waals surface area contributed by atoms with Crippen molar-refractivity contribution in [3.05, 3.63) is 15.6 Å². The second-order valence-corrected chi connectivity index (χ2v) is 8.75. The molecule has 1 spiro atoms. The maximum atomic E-state index is 4.93. The third-order valence-corrected chi connectivity index (χ3v) is 6.72. The Hall–Kier alpha value is -1.10. The number of hydrogen-bond donors (Lipinski definition) is 1. The summed E-state index contributed by atoms with van der Waals surface area (Å²) in [7, 11) is 0. The van der Waals surface area contributed by atoms with E-state index >= 15 is 0 Å². The molecule has 0 bridgehead atoms. The number of likely N-dealkylation sites (tertiary alicyclic amines) is 1. The lowest BCUT2D eigenvalue weighted by Gasteiger charge is -2.33. The van der Waals surface area contributed by atoms with Gasteiger partial charge in [-0.25, -0.2) is 4.98 Å². The first kappa shape index (κ1) is 17.7. The summed E-state index contributed by atoms with van der Waals surface area (Å²) in [4.78, 5) is 13.4. The molecular weight excluding hydrogens is 316 g/mol. The summed E-state index contributed by atoms with van der Waals surface area (Å²) >= 11 is 1.81. The van der Waals surface area contributed by atoms with E-state index in [0.717, 1.165) is 30.5 Å². The molecular formula is C19H32N4S. The Morgan fingerprint density at radius 1 is 1.25 bits per heavy atom. The molecule has 1 aliphatic heterocycles. The summed E-state index contributed by atoms with van der Waals surface area (Å²) in [5, 5.41) is 4.68. The third-order valence-electron chi connectivity index (χ3n) is 5.59. The van der Waals surface area contributed by atoms with Crippen molar-refractivity contribution in [3.8, 4) is 0 Å². The molecule has 1 saturated carbocycles. The number of hydrogen-bond acceptors (Lipinski definition) is 3. The number of nitrogens with one attached hydrogen (secondary N) is 1. The van der Waals surface area contributed by atoms with Gasteiger partial charge in [-0.2, -0.15) is 0 Å². The molecule has 0 aromatic carbocycles. The van der Waals surface area contributed by atoms with Crippen LogP contribution in [0.25, 0.3) is 0 Å². The lowest BCUT2D eigenvalue weighted by Crippen LogP contribution is -2.41. The zero-order chi connectivity index (χ0) is 17.0. The summed E-state index contributed by atoms with van der Waals surface area (Å²) in [6.07, 6.45) is 9.47. The molecule has 2 aliphatic rings. The van der Waals surface area contributed by atoms with Crippen molar-refractivity contribution in [2.24, 2.45) is 10.4 Å². The van der Waals surface area contributed by atoms with Gasteiger partial charge < -0.3 is 10.2 Å². The molecule has 0 unspecified atom stereocenters. The number of aliphatic imine (C=N–C) groups is 1. The van der Waals surface area contributed by atoms with E-state index in [1.807, 2.05) is 11.3 Å². The van der Waals surface area contributed by atoms with E-state index in [1.54, 1.807) is 0 Å². The monoisotopic (exact) mass is 348 g/mol. The molecule has 2 heterocycles. The van der Waals surface area contributed by atoms with Crippen LogP contribution in [0.3, 0.4) is 0 Å². The van der Waals surface area contributed by atoms with Gasteiger partial charge in [-0.3, -0.25) is 4.99 Å². The topological polar surface area (TPSA) is 40.5 Å². The normalized spacial score (nSPS) is 20.8. The van der Waals surface area contributed by atoms with Gasteiger partial charge in [0.15, 0.2) is 5.96 Å². The van der Waals surface area contributed by atoms with Gasteiger partial charge in [0.1, 0.15) is 0 Å². The number of aryl methyl sites for hydroxylation is 2. The third kappa shape index (κ3) is 4.11. The summed E-state index contributed by atoms with van der Waals surface area (Å²) in [6, 6.07) is 0. The summed E-state index contributed by atoms with van der Waals surface area (Å²) < 4.78 is 0. The highest BCUT2D eigenvalue weighted by molar-refractivity contribution is 7.11. The largest absolute Gasteiger partial charge is 0.357 e. The van der Waals surface area contributed by atoms with Gasteiger partial charge in [-0.15, -0.1) is 11.3 Å². The van der Waals surface area contributed by atoms with Crippen LogP contribution in [-0.4, -0.2) is 42.0 Å². The number of guanidine groups is 1. The van der Waals surface area contributed by atoms with Crippen molar-refractivity contribution in [2.45, 2.75) is 65.7 Å². The van der Waals surface area contributed by atoms with Gasteiger partial charge in [-0.1, -0.05) is 19.3 Å². The van der Waals surface area contributed by atoms with E-state index in [9.17, 15) is 0 Å². The minimum Gasteiger partial charge on any atom is -0.357 e. The lowest BCUT2D eigenvalue weighted by atomic mass is 9.73. The van der Waals surface area contributed by atoms with E-state index in [4.69, 9.17) is 4.99 Å².